The van der Waals surface area contributed by atoms with Gasteiger partial charge in [-0.1, -0.05) is 29.8 Å². The molecule has 0 bridgehead atoms. The Kier molecular flexibility index (Phi) is 4.27. The third kappa shape index (κ3) is 2.98. The molecule has 1 aromatic carbocycles. The van der Waals surface area contributed by atoms with Gasteiger partial charge in [0.1, 0.15) is 4.47 Å². The molecule has 4 nitrogen and oxygen atoms in total. The molecule has 2 aromatic rings. The Hall–Kier alpha value is -1.33. The van der Waals surface area contributed by atoms with Crippen LogP contribution in [0.5, 0.6) is 0 Å². The van der Waals surface area contributed by atoms with E-state index in [0.717, 1.165) is 11.3 Å². The molecular formula is C13H13BrClN3O. The first-order chi connectivity index (χ1) is 9.00. The van der Waals surface area contributed by atoms with Gasteiger partial charge in [-0.15, -0.1) is 0 Å². The highest BCUT2D eigenvalue weighted by atomic mass is 79.9. The van der Waals surface area contributed by atoms with E-state index in [-0.39, 0.29) is 5.56 Å². The summed E-state index contributed by atoms with van der Waals surface area (Å²) >= 11 is 9.45. The Balaban J connectivity index is 2.31. The predicted octanol–water partition coefficient (Wildman–Crippen LogP) is 2.83. The van der Waals surface area contributed by atoms with Crippen molar-refractivity contribution >= 4 is 33.2 Å². The maximum Gasteiger partial charge on any atom is 0.282 e. The van der Waals surface area contributed by atoms with Crippen molar-refractivity contribution in [3.05, 3.63) is 55.9 Å². The van der Waals surface area contributed by atoms with Crippen molar-refractivity contribution in [3.63, 3.8) is 0 Å². The first-order valence-electron chi connectivity index (χ1n) is 5.67. The van der Waals surface area contributed by atoms with Crippen molar-refractivity contribution < 1.29 is 0 Å². The molecule has 0 spiro atoms. The SMILES string of the molecule is CN(Cc1ccccc1Cl)c1cnn(C)c(=O)c1Br. The van der Waals surface area contributed by atoms with E-state index >= 15 is 0 Å². The van der Waals surface area contributed by atoms with E-state index in [9.17, 15) is 4.79 Å². The lowest BCUT2D eigenvalue weighted by Crippen LogP contribution is -2.25. The van der Waals surface area contributed by atoms with Gasteiger partial charge < -0.3 is 4.90 Å². The fourth-order valence-electron chi connectivity index (χ4n) is 1.74. The second-order valence-electron chi connectivity index (χ2n) is 4.22. The van der Waals surface area contributed by atoms with Crippen LogP contribution in [-0.4, -0.2) is 16.8 Å². The van der Waals surface area contributed by atoms with E-state index < -0.39 is 0 Å². The smallest absolute Gasteiger partial charge is 0.282 e. The van der Waals surface area contributed by atoms with Crippen molar-refractivity contribution in [1.82, 2.24) is 9.78 Å². The van der Waals surface area contributed by atoms with Gasteiger partial charge in [0.2, 0.25) is 0 Å². The van der Waals surface area contributed by atoms with Crippen LogP contribution >= 0.6 is 27.5 Å². The molecule has 0 atom stereocenters. The third-order valence-corrected chi connectivity index (χ3v) is 3.95. The molecule has 0 unspecified atom stereocenters. The fourth-order valence-corrected chi connectivity index (χ4v) is 2.59. The summed E-state index contributed by atoms with van der Waals surface area (Å²) in [5.74, 6) is 0. The summed E-state index contributed by atoms with van der Waals surface area (Å²) in [6.07, 6.45) is 1.66. The van der Waals surface area contributed by atoms with Crippen molar-refractivity contribution in [1.29, 1.82) is 0 Å². The number of aryl methyl sites for hydroxylation is 1. The molecule has 19 heavy (non-hydrogen) atoms. The highest BCUT2D eigenvalue weighted by Crippen LogP contribution is 2.24. The van der Waals surface area contributed by atoms with Crippen LogP contribution in [0.3, 0.4) is 0 Å². The van der Waals surface area contributed by atoms with Gasteiger partial charge in [0, 0.05) is 25.7 Å². The van der Waals surface area contributed by atoms with Gasteiger partial charge >= 0.3 is 0 Å². The minimum absolute atomic E-state index is 0.163. The average Bonchev–Trinajstić information content (AvgIpc) is 2.39. The van der Waals surface area contributed by atoms with Crippen molar-refractivity contribution in [3.8, 4) is 0 Å². The van der Waals surface area contributed by atoms with E-state index in [1.807, 2.05) is 36.2 Å². The maximum atomic E-state index is 11.8. The molecule has 0 fully saturated rings. The van der Waals surface area contributed by atoms with Crippen LogP contribution in [-0.2, 0) is 13.6 Å². The Labute approximate surface area is 124 Å². The number of hydrogen-bond acceptors (Lipinski definition) is 3. The normalized spacial score (nSPS) is 10.5. The van der Waals surface area contributed by atoms with E-state index in [0.29, 0.717) is 16.0 Å². The number of halogens is 2. The molecule has 0 saturated carbocycles. The number of anilines is 1. The molecule has 6 heteroatoms. The summed E-state index contributed by atoms with van der Waals surface area (Å²) in [5.41, 5.74) is 1.57. The predicted molar refractivity (Wildman–Crippen MR) is 80.7 cm³/mol. The summed E-state index contributed by atoms with van der Waals surface area (Å²) < 4.78 is 1.79. The minimum atomic E-state index is -0.163. The lowest BCUT2D eigenvalue weighted by atomic mass is 10.2. The summed E-state index contributed by atoms with van der Waals surface area (Å²) in [7, 11) is 3.51. The molecule has 1 aromatic heterocycles. The topological polar surface area (TPSA) is 38.1 Å². The molecule has 0 amide bonds. The van der Waals surface area contributed by atoms with Crippen LogP contribution in [0.1, 0.15) is 5.56 Å². The number of benzene rings is 1. The van der Waals surface area contributed by atoms with Crippen molar-refractivity contribution in [2.24, 2.45) is 7.05 Å². The average molecular weight is 343 g/mol. The van der Waals surface area contributed by atoms with E-state index in [4.69, 9.17) is 11.6 Å². The van der Waals surface area contributed by atoms with Crippen LogP contribution in [0.25, 0.3) is 0 Å². The lowest BCUT2D eigenvalue weighted by molar-refractivity contribution is 0.698. The molecule has 0 aliphatic carbocycles. The van der Waals surface area contributed by atoms with Gasteiger partial charge in [0.05, 0.1) is 11.9 Å². The molecule has 0 saturated heterocycles. The van der Waals surface area contributed by atoms with Gasteiger partial charge in [-0.3, -0.25) is 4.79 Å². The zero-order valence-corrected chi connectivity index (χ0v) is 12.9. The quantitative estimate of drug-likeness (QED) is 0.861. The highest BCUT2D eigenvalue weighted by Gasteiger charge is 2.12. The molecule has 2 rings (SSSR count). The van der Waals surface area contributed by atoms with Crippen LogP contribution < -0.4 is 10.5 Å². The Morgan fingerprint density at radius 1 is 1.42 bits per heavy atom. The summed E-state index contributed by atoms with van der Waals surface area (Å²) in [4.78, 5) is 13.7. The third-order valence-electron chi connectivity index (χ3n) is 2.84. The summed E-state index contributed by atoms with van der Waals surface area (Å²) in [5, 5.41) is 4.73. The molecule has 1 heterocycles. The Morgan fingerprint density at radius 3 is 2.79 bits per heavy atom. The molecule has 0 aliphatic heterocycles. The second kappa shape index (κ2) is 5.75. The zero-order valence-electron chi connectivity index (χ0n) is 10.6. The Morgan fingerprint density at radius 2 is 2.11 bits per heavy atom. The molecule has 100 valence electrons. The summed E-state index contributed by atoms with van der Waals surface area (Å²) in [6, 6.07) is 7.64. The monoisotopic (exact) mass is 341 g/mol. The number of hydrogen-bond donors (Lipinski definition) is 0. The van der Waals surface area contributed by atoms with Gasteiger partial charge in [-0.05, 0) is 27.6 Å². The van der Waals surface area contributed by atoms with Gasteiger partial charge in [-0.25, -0.2) is 4.68 Å². The number of aromatic nitrogens is 2. The van der Waals surface area contributed by atoms with Crippen LogP contribution in [0.2, 0.25) is 5.02 Å². The first kappa shape index (κ1) is 14.1. The number of rotatable bonds is 3. The van der Waals surface area contributed by atoms with Crippen molar-refractivity contribution in [2.75, 3.05) is 11.9 Å². The van der Waals surface area contributed by atoms with E-state index in [1.165, 1.54) is 4.68 Å². The minimum Gasteiger partial charge on any atom is -0.368 e. The van der Waals surface area contributed by atoms with E-state index in [1.54, 1.807) is 13.2 Å². The van der Waals surface area contributed by atoms with E-state index in [2.05, 4.69) is 21.0 Å². The van der Waals surface area contributed by atoms with Crippen molar-refractivity contribution in [2.45, 2.75) is 6.54 Å². The largest absolute Gasteiger partial charge is 0.368 e. The highest BCUT2D eigenvalue weighted by molar-refractivity contribution is 9.10. The Bertz CT molecular complexity index is 657. The molecular weight excluding hydrogens is 330 g/mol. The molecule has 0 radical (unpaired) electrons. The molecule has 0 N–H and O–H groups in total. The molecule has 0 aliphatic rings. The van der Waals surface area contributed by atoms with Crippen LogP contribution in [0.4, 0.5) is 5.69 Å². The summed E-state index contributed by atoms with van der Waals surface area (Å²) in [6.45, 7) is 0.604. The van der Waals surface area contributed by atoms with Gasteiger partial charge in [-0.2, -0.15) is 5.10 Å². The number of nitrogens with zero attached hydrogens (tertiary/aromatic N) is 3. The standard InChI is InChI=1S/C13H13BrClN3O/c1-17(8-9-5-3-4-6-10(9)15)11-7-16-18(2)13(19)12(11)14/h3-7H,8H2,1-2H3. The maximum absolute atomic E-state index is 11.8. The fraction of sp³-hybridized carbons (Fsp3) is 0.231. The zero-order chi connectivity index (χ0) is 14.0. The van der Waals surface area contributed by atoms with Crippen LogP contribution in [0.15, 0.2) is 39.7 Å². The first-order valence-corrected chi connectivity index (χ1v) is 6.84. The van der Waals surface area contributed by atoms with Crippen LogP contribution in [0, 0.1) is 0 Å². The lowest BCUT2D eigenvalue weighted by Gasteiger charge is -2.20. The van der Waals surface area contributed by atoms with Gasteiger partial charge in [0.15, 0.2) is 0 Å². The second-order valence-corrected chi connectivity index (χ2v) is 5.42. The van der Waals surface area contributed by atoms with Gasteiger partial charge in [0.25, 0.3) is 5.56 Å².